The Morgan fingerprint density at radius 3 is 2.56 bits per heavy atom. The van der Waals surface area contributed by atoms with Crippen molar-refractivity contribution in [2.75, 3.05) is 7.11 Å². The van der Waals surface area contributed by atoms with Crippen molar-refractivity contribution >= 4 is 22.8 Å². The molecule has 0 radical (unpaired) electrons. The van der Waals surface area contributed by atoms with Crippen LogP contribution >= 0.6 is 0 Å². The molecule has 1 aliphatic rings. The van der Waals surface area contributed by atoms with E-state index >= 15 is 0 Å². The molecule has 0 spiro atoms. The Morgan fingerprint density at radius 1 is 1.32 bits per heavy atom. The van der Waals surface area contributed by atoms with E-state index in [0.717, 1.165) is 32.9 Å². The summed E-state index contributed by atoms with van der Waals surface area (Å²) in [6.07, 6.45) is 2.88. The van der Waals surface area contributed by atoms with Crippen LogP contribution in [0.5, 0.6) is 0 Å². The molecule has 1 aromatic carbocycles. The molecule has 0 saturated heterocycles. The van der Waals surface area contributed by atoms with Gasteiger partial charge in [0, 0.05) is 30.8 Å². The Kier molecular flexibility index (Phi) is 4.28. The lowest BCUT2D eigenvalue weighted by atomic mass is 10.0. The number of rotatable bonds is 4. The van der Waals surface area contributed by atoms with Gasteiger partial charge in [-0.3, -0.25) is 9.59 Å². The highest BCUT2D eigenvalue weighted by atomic mass is 19.2. The molecule has 6 nitrogen and oxygen atoms in total. The number of carbonyl (C=O) groups is 2. The Bertz CT molecular complexity index is 946. The number of ether oxygens (including phenoxy) is 2. The SMILES string of the molecule is COC(=O)c1cn(C2CC2)c2cc(F)c(F)c(COC(C)=O)c2c1=O. The highest BCUT2D eigenvalue weighted by Crippen LogP contribution is 2.38. The monoisotopic (exact) mass is 351 g/mol. The lowest BCUT2D eigenvalue weighted by Crippen LogP contribution is -2.22. The van der Waals surface area contributed by atoms with E-state index in [-0.39, 0.29) is 22.5 Å². The number of carbonyl (C=O) groups excluding carboxylic acids is 2. The van der Waals surface area contributed by atoms with Crippen LogP contribution in [0.1, 0.15) is 41.7 Å². The largest absolute Gasteiger partial charge is 0.465 e. The topological polar surface area (TPSA) is 74.6 Å². The van der Waals surface area contributed by atoms with E-state index in [1.807, 2.05) is 0 Å². The van der Waals surface area contributed by atoms with Crippen molar-refractivity contribution in [2.24, 2.45) is 0 Å². The van der Waals surface area contributed by atoms with Crippen molar-refractivity contribution in [3.05, 3.63) is 45.2 Å². The average Bonchev–Trinajstić information content (AvgIpc) is 3.40. The van der Waals surface area contributed by atoms with Gasteiger partial charge in [0.1, 0.15) is 12.2 Å². The number of fused-ring (bicyclic) bond motifs is 1. The summed E-state index contributed by atoms with van der Waals surface area (Å²) in [5.74, 6) is -4.02. The van der Waals surface area contributed by atoms with Crippen molar-refractivity contribution in [1.29, 1.82) is 0 Å². The van der Waals surface area contributed by atoms with Crippen molar-refractivity contribution in [2.45, 2.75) is 32.4 Å². The molecule has 0 aliphatic heterocycles. The Morgan fingerprint density at radius 2 is 2.00 bits per heavy atom. The predicted molar refractivity (Wildman–Crippen MR) is 83.2 cm³/mol. The average molecular weight is 351 g/mol. The Hall–Kier alpha value is -2.77. The zero-order valence-corrected chi connectivity index (χ0v) is 13.6. The number of aromatic nitrogens is 1. The van der Waals surface area contributed by atoms with E-state index in [1.54, 1.807) is 4.57 Å². The molecule has 2 aromatic rings. The van der Waals surface area contributed by atoms with Gasteiger partial charge >= 0.3 is 11.9 Å². The predicted octanol–water partition coefficient (Wildman–Crippen LogP) is 2.46. The Balaban J connectivity index is 2.37. The third-order valence-electron chi connectivity index (χ3n) is 4.08. The number of benzene rings is 1. The molecule has 0 unspecified atom stereocenters. The molecule has 0 bridgehead atoms. The van der Waals surface area contributed by atoms with E-state index in [9.17, 15) is 23.2 Å². The number of methoxy groups -OCH3 is 1. The first-order valence-corrected chi connectivity index (χ1v) is 7.62. The fourth-order valence-corrected chi connectivity index (χ4v) is 2.74. The van der Waals surface area contributed by atoms with E-state index in [1.165, 1.54) is 6.20 Å². The number of esters is 2. The van der Waals surface area contributed by atoms with Crippen molar-refractivity contribution in [3.63, 3.8) is 0 Å². The fourth-order valence-electron chi connectivity index (χ4n) is 2.74. The number of hydrogen-bond donors (Lipinski definition) is 0. The third kappa shape index (κ3) is 2.99. The molecule has 3 rings (SSSR count). The normalized spacial score (nSPS) is 13.8. The van der Waals surface area contributed by atoms with Crippen LogP contribution in [0.4, 0.5) is 8.78 Å². The summed E-state index contributed by atoms with van der Waals surface area (Å²) >= 11 is 0. The van der Waals surface area contributed by atoms with Gasteiger partial charge in [-0.2, -0.15) is 0 Å². The number of nitrogens with zero attached hydrogens (tertiary/aromatic N) is 1. The van der Waals surface area contributed by atoms with Gasteiger partial charge in [0.25, 0.3) is 0 Å². The number of halogens is 2. The first kappa shape index (κ1) is 17.1. The van der Waals surface area contributed by atoms with Gasteiger partial charge in [-0.1, -0.05) is 0 Å². The van der Waals surface area contributed by atoms with Crippen LogP contribution in [0.25, 0.3) is 10.9 Å². The van der Waals surface area contributed by atoms with Crippen LogP contribution in [0.3, 0.4) is 0 Å². The zero-order chi connectivity index (χ0) is 18.3. The lowest BCUT2D eigenvalue weighted by Gasteiger charge is -2.15. The molecular weight excluding hydrogens is 336 g/mol. The van der Waals surface area contributed by atoms with Gasteiger partial charge < -0.3 is 14.0 Å². The van der Waals surface area contributed by atoms with Gasteiger partial charge in [0.15, 0.2) is 11.6 Å². The lowest BCUT2D eigenvalue weighted by molar-refractivity contribution is -0.142. The van der Waals surface area contributed by atoms with Crippen LogP contribution in [0, 0.1) is 11.6 Å². The second kappa shape index (κ2) is 6.27. The molecule has 132 valence electrons. The van der Waals surface area contributed by atoms with Crippen molar-refractivity contribution in [1.82, 2.24) is 4.57 Å². The minimum Gasteiger partial charge on any atom is -0.465 e. The maximum atomic E-state index is 14.3. The molecule has 1 aliphatic carbocycles. The van der Waals surface area contributed by atoms with E-state index in [2.05, 4.69) is 4.74 Å². The second-order valence-corrected chi connectivity index (χ2v) is 5.83. The van der Waals surface area contributed by atoms with Crippen LogP contribution in [0.15, 0.2) is 17.1 Å². The van der Waals surface area contributed by atoms with Crippen LogP contribution in [-0.4, -0.2) is 23.6 Å². The molecule has 1 fully saturated rings. The highest BCUT2D eigenvalue weighted by molar-refractivity contribution is 5.95. The molecular formula is C17H15F2NO5. The zero-order valence-electron chi connectivity index (χ0n) is 13.6. The van der Waals surface area contributed by atoms with E-state index in [0.29, 0.717) is 0 Å². The van der Waals surface area contributed by atoms with E-state index in [4.69, 9.17) is 4.74 Å². The summed E-state index contributed by atoms with van der Waals surface area (Å²) < 4.78 is 39.3. The summed E-state index contributed by atoms with van der Waals surface area (Å²) in [5, 5.41) is -0.185. The van der Waals surface area contributed by atoms with Gasteiger partial charge in [0.2, 0.25) is 5.43 Å². The quantitative estimate of drug-likeness (QED) is 0.791. The smallest absolute Gasteiger partial charge is 0.343 e. The first-order chi connectivity index (χ1) is 11.8. The highest BCUT2D eigenvalue weighted by Gasteiger charge is 2.29. The molecule has 1 heterocycles. The minimum absolute atomic E-state index is 0.0158. The van der Waals surface area contributed by atoms with Crippen molar-refractivity contribution in [3.8, 4) is 0 Å². The molecule has 1 saturated carbocycles. The summed E-state index contributed by atoms with van der Waals surface area (Å²) in [4.78, 5) is 35.7. The summed E-state index contributed by atoms with van der Waals surface area (Å²) in [6.45, 7) is 0.502. The fraction of sp³-hybridized carbons (Fsp3) is 0.353. The molecule has 25 heavy (non-hydrogen) atoms. The number of hydrogen-bond acceptors (Lipinski definition) is 5. The van der Waals surface area contributed by atoms with Gasteiger partial charge in [-0.25, -0.2) is 13.6 Å². The maximum absolute atomic E-state index is 14.3. The number of pyridine rings is 1. The van der Waals surface area contributed by atoms with Gasteiger partial charge in [-0.15, -0.1) is 0 Å². The standard InChI is InChI=1S/C17H15F2NO5/c1-8(21)25-7-11-14-13(5-12(18)15(11)19)20(9-3-4-9)6-10(16(14)22)17(23)24-2/h5-6,9H,3-4,7H2,1-2H3. The molecule has 1 aromatic heterocycles. The van der Waals surface area contributed by atoms with Gasteiger partial charge in [0.05, 0.1) is 18.0 Å². The maximum Gasteiger partial charge on any atom is 0.343 e. The van der Waals surface area contributed by atoms with E-state index < -0.39 is 41.2 Å². The molecule has 0 atom stereocenters. The van der Waals surface area contributed by atoms with Crippen LogP contribution in [-0.2, 0) is 20.9 Å². The minimum atomic E-state index is -1.28. The summed E-state index contributed by atoms with van der Waals surface area (Å²) in [5.41, 5.74) is -1.31. The van der Waals surface area contributed by atoms with Gasteiger partial charge in [-0.05, 0) is 12.8 Å². The Labute approximate surface area is 140 Å². The summed E-state index contributed by atoms with van der Waals surface area (Å²) in [6, 6.07) is 0.904. The molecule has 0 N–H and O–H groups in total. The summed E-state index contributed by atoms with van der Waals surface area (Å²) in [7, 11) is 1.12. The third-order valence-corrected chi connectivity index (χ3v) is 4.08. The first-order valence-electron chi connectivity index (χ1n) is 7.62. The second-order valence-electron chi connectivity index (χ2n) is 5.83. The molecule has 0 amide bonds. The van der Waals surface area contributed by atoms with Crippen LogP contribution < -0.4 is 5.43 Å². The molecule has 8 heteroatoms. The van der Waals surface area contributed by atoms with Crippen LogP contribution in [0.2, 0.25) is 0 Å². The van der Waals surface area contributed by atoms with Crippen molar-refractivity contribution < 1.29 is 27.8 Å².